The van der Waals surface area contributed by atoms with Crippen LogP contribution in [0.3, 0.4) is 0 Å². The summed E-state index contributed by atoms with van der Waals surface area (Å²) >= 11 is 0. The Bertz CT molecular complexity index is 793. The molecule has 2 aliphatic heterocycles. The van der Waals surface area contributed by atoms with E-state index in [0.717, 1.165) is 5.56 Å². The van der Waals surface area contributed by atoms with E-state index in [4.69, 9.17) is 4.74 Å². The van der Waals surface area contributed by atoms with Crippen molar-refractivity contribution in [3.8, 4) is 0 Å². The van der Waals surface area contributed by atoms with E-state index < -0.39 is 15.9 Å². The van der Waals surface area contributed by atoms with Crippen molar-refractivity contribution in [2.24, 2.45) is 0 Å². The van der Waals surface area contributed by atoms with E-state index in [0.29, 0.717) is 45.6 Å². The Morgan fingerprint density at radius 3 is 2.31 bits per heavy atom. The largest absolute Gasteiger partial charge is 0.450 e. The second-order valence-corrected chi connectivity index (χ2v) is 9.77. The van der Waals surface area contributed by atoms with Crippen LogP contribution in [-0.4, -0.2) is 80.6 Å². The lowest BCUT2D eigenvalue weighted by atomic mass is 10.0. The fourth-order valence-electron chi connectivity index (χ4n) is 3.85. The predicted molar refractivity (Wildman–Crippen MR) is 109 cm³/mol. The summed E-state index contributed by atoms with van der Waals surface area (Å²) in [5.41, 5.74) is 0.855. The molecule has 1 atom stereocenters. The molecule has 3 rings (SSSR count). The predicted octanol–water partition coefficient (Wildman–Crippen LogP) is 1.20. The Labute approximate surface area is 172 Å². The average Bonchev–Trinajstić information content (AvgIpc) is 2.71. The summed E-state index contributed by atoms with van der Waals surface area (Å²) in [6.45, 7) is 3.90. The van der Waals surface area contributed by atoms with Crippen LogP contribution in [0.25, 0.3) is 0 Å². The highest BCUT2D eigenvalue weighted by Gasteiger charge is 2.34. The van der Waals surface area contributed by atoms with Gasteiger partial charge in [0, 0.05) is 32.2 Å². The lowest BCUT2D eigenvalue weighted by Crippen LogP contribution is -2.51. The summed E-state index contributed by atoms with van der Waals surface area (Å²) in [5, 5.41) is 3.12. The molecule has 8 nitrogen and oxygen atoms in total. The summed E-state index contributed by atoms with van der Waals surface area (Å²) in [7, 11) is -3.03. The molecule has 0 aliphatic carbocycles. The van der Waals surface area contributed by atoms with Gasteiger partial charge in [0.2, 0.25) is 5.91 Å². The van der Waals surface area contributed by atoms with Crippen LogP contribution in [0.2, 0.25) is 0 Å². The van der Waals surface area contributed by atoms with Gasteiger partial charge in [-0.05, 0) is 25.3 Å². The van der Waals surface area contributed by atoms with E-state index >= 15 is 0 Å². The fraction of sp³-hybridized carbons (Fsp3) is 0.600. The standard InChI is InChI=1S/C20H29N3O5S/c1-2-28-20(25)23-10-8-17(9-11-23)21-19(24)18(16-6-4-3-5-7-16)22-12-14-29(26,27)15-13-22/h3-7,17-18H,2,8-15H2,1H3,(H,21,24). The number of sulfone groups is 1. The SMILES string of the molecule is CCOC(=O)N1CCC(NC(=O)C(c2ccccc2)N2CCS(=O)(=O)CC2)CC1. The highest BCUT2D eigenvalue weighted by Crippen LogP contribution is 2.24. The number of hydrogen-bond donors (Lipinski definition) is 1. The Morgan fingerprint density at radius 2 is 1.72 bits per heavy atom. The molecule has 2 saturated heterocycles. The molecule has 1 aromatic rings. The molecule has 1 aromatic carbocycles. The molecule has 2 aliphatic rings. The van der Waals surface area contributed by atoms with Gasteiger partial charge in [-0.2, -0.15) is 0 Å². The molecule has 2 fully saturated rings. The number of carbonyl (C=O) groups excluding carboxylic acids is 2. The molecule has 2 heterocycles. The Balaban J connectivity index is 1.64. The second kappa shape index (κ2) is 9.58. The van der Waals surface area contributed by atoms with Crippen LogP contribution >= 0.6 is 0 Å². The van der Waals surface area contributed by atoms with Crippen molar-refractivity contribution in [3.05, 3.63) is 35.9 Å². The van der Waals surface area contributed by atoms with Gasteiger partial charge in [0.05, 0.1) is 18.1 Å². The lowest BCUT2D eigenvalue weighted by molar-refractivity contribution is -0.127. The van der Waals surface area contributed by atoms with Gasteiger partial charge in [-0.25, -0.2) is 13.2 Å². The minimum Gasteiger partial charge on any atom is -0.450 e. The molecular formula is C20H29N3O5S. The number of amides is 2. The molecule has 1 unspecified atom stereocenters. The summed E-state index contributed by atoms with van der Waals surface area (Å²) < 4.78 is 28.6. The van der Waals surface area contributed by atoms with Crippen LogP contribution in [0.1, 0.15) is 31.4 Å². The summed E-state index contributed by atoms with van der Waals surface area (Å²) in [6, 6.07) is 8.92. The lowest BCUT2D eigenvalue weighted by Gasteiger charge is -2.36. The van der Waals surface area contributed by atoms with Crippen molar-refractivity contribution >= 4 is 21.8 Å². The molecule has 29 heavy (non-hydrogen) atoms. The van der Waals surface area contributed by atoms with Gasteiger partial charge in [-0.1, -0.05) is 30.3 Å². The third kappa shape index (κ3) is 5.70. The summed E-state index contributed by atoms with van der Waals surface area (Å²) in [4.78, 5) is 28.6. The highest BCUT2D eigenvalue weighted by molar-refractivity contribution is 7.91. The first-order valence-electron chi connectivity index (χ1n) is 10.1. The second-order valence-electron chi connectivity index (χ2n) is 7.47. The van der Waals surface area contributed by atoms with Crippen molar-refractivity contribution in [3.63, 3.8) is 0 Å². The van der Waals surface area contributed by atoms with E-state index in [9.17, 15) is 18.0 Å². The Morgan fingerprint density at radius 1 is 1.10 bits per heavy atom. The minimum atomic E-state index is -3.03. The number of nitrogens with one attached hydrogen (secondary N) is 1. The van der Waals surface area contributed by atoms with E-state index in [1.54, 1.807) is 11.8 Å². The normalized spacial score (nSPS) is 21.3. The van der Waals surface area contributed by atoms with E-state index in [-0.39, 0.29) is 29.5 Å². The average molecular weight is 424 g/mol. The van der Waals surface area contributed by atoms with Crippen LogP contribution in [-0.2, 0) is 19.4 Å². The molecule has 1 N–H and O–H groups in total. The van der Waals surface area contributed by atoms with Crippen molar-refractivity contribution in [1.82, 2.24) is 15.1 Å². The van der Waals surface area contributed by atoms with Gasteiger partial charge < -0.3 is 15.0 Å². The Hall–Kier alpha value is -2.13. The van der Waals surface area contributed by atoms with Gasteiger partial charge in [0.25, 0.3) is 0 Å². The number of nitrogens with zero attached hydrogens (tertiary/aromatic N) is 2. The molecule has 160 valence electrons. The maximum absolute atomic E-state index is 13.2. The number of carbonyl (C=O) groups is 2. The number of rotatable bonds is 5. The number of piperidine rings is 1. The molecule has 0 bridgehead atoms. The number of likely N-dealkylation sites (tertiary alicyclic amines) is 1. The zero-order chi connectivity index (χ0) is 20.9. The maximum Gasteiger partial charge on any atom is 0.409 e. The molecule has 9 heteroatoms. The summed E-state index contributed by atoms with van der Waals surface area (Å²) in [6.07, 6.45) is 1.02. The van der Waals surface area contributed by atoms with Crippen molar-refractivity contribution < 1.29 is 22.7 Å². The maximum atomic E-state index is 13.2. The van der Waals surface area contributed by atoms with E-state index in [1.165, 1.54) is 0 Å². The van der Waals surface area contributed by atoms with Crippen LogP contribution in [0.15, 0.2) is 30.3 Å². The van der Waals surface area contributed by atoms with Crippen molar-refractivity contribution in [1.29, 1.82) is 0 Å². The zero-order valence-electron chi connectivity index (χ0n) is 16.7. The molecule has 0 aromatic heterocycles. The topological polar surface area (TPSA) is 96.0 Å². The van der Waals surface area contributed by atoms with Crippen LogP contribution in [0.5, 0.6) is 0 Å². The van der Waals surface area contributed by atoms with Crippen molar-refractivity contribution in [2.45, 2.75) is 31.8 Å². The molecule has 2 amide bonds. The molecule has 0 radical (unpaired) electrons. The number of ether oxygens (including phenoxy) is 1. The van der Waals surface area contributed by atoms with Crippen LogP contribution in [0.4, 0.5) is 4.79 Å². The molecule has 0 spiro atoms. The number of benzene rings is 1. The first-order chi connectivity index (χ1) is 13.9. The highest BCUT2D eigenvalue weighted by atomic mass is 32.2. The van der Waals surface area contributed by atoms with Crippen molar-refractivity contribution in [2.75, 3.05) is 44.3 Å². The zero-order valence-corrected chi connectivity index (χ0v) is 17.6. The van der Waals surface area contributed by atoms with Gasteiger partial charge in [-0.3, -0.25) is 9.69 Å². The number of hydrogen-bond acceptors (Lipinski definition) is 6. The molecule has 0 saturated carbocycles. The van der Waals surface area contributed by atoms with Crippen LogP contribution < -0.4 is 5.32 Å². The first kappa shape index (κ1) is 21.6. The third-order valence-corrected chi connectivity index (χ3v) is 7.08. The minimum absolute atomic E-state index is 0.0205. The Kier molecular flexibility index (Phi) is 7.13. The monoisotopic (exact) mass is 423 g/mol. The molecular weight excluding hydrogens is 394 g/mol. The van der Waals surface area contributed by atoms with E-state index in [2.05, 4.69) is 5.32 Å². The fourth-order valence-corrected chi connectivity index (χ4v) is 5.08. The smallest absolute Gasteiger partial charge is 0.409 e. The van der Waals surface area contributed by atoms with Gasteiger partial charge in [0.1, 0.15) is 6.04 Å². The first-order valence-corrected chi connectivity index (χ1v) is 11.9. The quantitative estimate of drug-likeness (QED) is 0.764. The van der Waals surface area contributed by atoms with Gasteiger partial charge in [-0.15, -0.1) is 0 Å². The van der Waals surface area contributed by atoms with Gasteiger partial charge >= 0.3 is 6.09 Å². The van der Waals surface area contributed by atoms with Crippen LogP contribution in [0, 0.1) is 0 Å². The third-order valence-electron chi connectivity index (χ3n) is 5.48. The summed E-state index contributed by atoms with van der Waals surface area (Å²) in [5.74, 6) is 0.0217. The van der Waals surface area contributed by atoms with Gasteiger partial charge in [0.15, 0.2) is 9.84 Å². The van der Waals surface area contributed by atoms with E-state index in [1.807, 2.05) is 35.2 Å².